The van der Waals surface area contributed by atoms with Crippen LogP contribution in [0.5, 0.6) is 0 Å². The zero-order valence-electron chi connectivity index (χ0n) is 13.6. The van der Waals surface area contributed by atoms with Gasteiger partial charge in [-0.25, -0.2) is 4.39 Å². The third-order valence-electron chi connectivity index (χ3n) is 4.73. The number of rotatable bonds is 5. The topological polar surface area (TPSA) is 48.0 Å². The second kappa shape index (κ2) is 6.19. The maximum absolute atomic E-state index is 13.4. The van der Waals surface area contributed by atoms with Gasteiger partial charge in [-0.2, -0.15) is 0 Å². The lowest BCUT2D eigenvalue weighted by Gasteiger charge is -2.07. The van der Waals surface area contributed by atoms with Gasteiger partial charge in [-0.3, -0.25) is 4.79 Å². The first kappa shape index (κ1) is 16.2. The molecule has 1 aliphatic carbocycles. The van der Waals surface area contributed by atoms with Crippen molar-refractivity contribution in [2.75, 3.05) is 0 Å². The Bertz CT molecular complexity index is 975. The maximum atomic E-state index is 13.4. The van der Waals surface area contributed by atoms with Crippen LogP contribution in [0.25, 0.3) is 22.0 Å². The van der Waals surface area contributed by atoms with E-state index in [0.717, 1.165) is 40.1 Å². The molecule has 1 aliphatic rings. The number of nitrogens with two attached hydrogens (primary N) is 1. The van der Waals surface area contributed by atoms with E-state index in [1.54, 1.807) is 12.1 Å². The van der Waals surface area contributed by atoms with Gasteiger partial charge in [-0.05, 0) is 59.7 Å². The quantitative estimate of drug-likeness (QED) is 0.716. The van der Waals surface area contributed by atoms with Gasteiger partial charge in [-0.15, -0.1) is 0 Å². The van der Waals surface area contributed by atoms with Crippen molar-refractivity contribution < 1.29 is 9.18 Å². The van der Waals surface area contributed by atoms with Crippen molar-refractivity contribution in [2.24, 2.45) is 11.7 Å². The summed E-state index contributed by atoms with van der Waals surface area (Å²) >= 11 is 5.91. The zero-order valence-corrected chi connectivity index (χ0v) is 14.4. The van der Waals surface area contributed by atoms with Gasteiger partial charge in [0, 0.05) is 23.6 Å². The third kappa shape index (κ3) is 3.27. The number of aromatic nitrogens is 1. The highest BCUT2D eigenvalue weighted by Crippen LogP contribution is 2.34. The van der Waals surface area contributed by atoms with E-state index in [2.05, 4.69) is 10.6 Å². The second-order valence-corrected chi connectivity index (χ2v) is 7.16. The Morgan fingerprint density at radius 1 is 1.20 bits per heavy atom. The molecule has 25 heavy (non-hydrogen) atoms. The number of hydrogen-bond donors (Lipinski definition) is 1. The van der Waals surface area contributed by atoms with E-state index in [-0.39, 0.29) is 17.4 Å². The molecule has 0 saturated heterocycles. The summed E-state index contributed by atoms with van der Waals surface area (Å²) in [6, 6.07) is 10.8. The summed E-state index contributed by atoms with van der Waals surface area (Å²) in [4.78, 5) is 11.4. The van der Waals surface area contributed by atoms with E-state index in [1.165, 1.54) is 18.9 Å². The molecule has 128 valence electrons. The summed E-state index contributed by atoms with van der Waals surface area (Å²) in [6.07, 6.45) is 4.77. The maximum Gasteiger partial charge on any atom is 0.221 e. The molecule has 0 spiro atoms. The van der Waals surface area contributed by atoms with Crippen molar-refractivity contribution in [3.05, 3.63) is 59.0 Å². The fraction of sp³-hybridized carbons (Fsp3) is 0.250. The van der Waals surface area contributed by atoms with Crippen LogP contribution in [0, 0.1) is 11.7 Å². The first-order chi connectivity index (χ1) is 12.0. The van der Waals surface area contributed by atoms with Crippen LogP contribution >= 0.6 is 11.6 Å². The smallest absolute Gasteiger partial charge is 0.221 e. The predicted octanol–water partition coefficient (Wildman–Crippen LogP) is 4.54. The van der Waals surface area contributed by atoms with Crippen LogP contribution in [0.3, 0.4) is 0 Å². The average Bonchev–Trinajstić information content (AvgIpc) is 3.33. The molecule has 3 nitrogen and oxygen atoms in total. The molecule has 3 aromatic rings. The highest BCUT2D eigenvalue weighted by Gasteiger charge is 2.23. The molecular formula is C20H18ClFN2O. The normalized spacial score (nSPS) is 14.2. The zero-order chi connectivity index (χ0) is 17.6. The summed E-state index contributed by atoms with van der Waals surface area (Å²) in [5.41, 5.74) is 9.22. The van der Waals surface area contributed by atoms with Gasteiger partial charge >= 0.3 is 0 Å². The van der Waals surface area contributed by atoms with Crippen LogP contribution < -0.4 is 5.73 Å². The van der Waals surface area contributed by atoms with Crippen molar-refractivity contribution in [1.29, 1.82) is 0 Å². The van der Waals surface area contributed by atoms with Crippen LogP contribution in [-0.2, 0) is 17.8 Å². The first-order valence-corrected chi connectivity index (χ1v) is 8.74. The Kier molecular flexibility index (Phi) is 4.00. The average molecular weight is 357 g/mol. The Labute approximate surface area is 150 Å². The SMILES string of the molecule is NC(=O)Cc1cn(CC2CC2)c2ccc(-c3ccc(F)c(Cl)c3)cc12. The number of nitrogens with zero attached hydrogens (tertiary/aromatic N) is 1. The molecule has 0 unspecified atom stereocenters. The summed E-state index contributed by atoms with van der Waals surface area (Å²) in [5, 5.41) is 1.11. The standard InChI is InChI=1S/C20H18ClFN2O/c21-17-8-14(3-5-18(17)22)13-4-6-19-16(7-13)15(9-20(23)25)11-24(19)10-12-1-2-12/h3-8,11-12H,1-2,9-10H2,(H2,23,25). The minimum absolute atomic E-state index is 0.0984. The lowest BCUT2D eigenvalue weighted by molar-refractivity contribution is -0.117. The number of amides is 1. The van der Waals surface area contributed by atoms with Crippen molar-refractivity contribution in [2.45, 2.75) is 25.8 Å². The van der Waals surface area contributed by atoms with Gasteiger partial charge < -0.3 is 10.3 Å². The minimum atomic E-state index is -0.434. The fourth-order valence-electron chi connectivity index (χ4n) is 3.28. The van der Waals surface area contributed by atoms with Gasteiger partial charge in [0.15, 0.2) is 0 Å². The van der Waals surface area contributed by atoms with Crippen molar-refractivity contribution in [3.8, 4) is 11.1 Å². The van der Waals surface area contributed by atoms with Gasteiger partial charge in [0.2, 0.25) is 5.91 Å². The lowest BCUT2D eigenvalue weighted by Crippen LogP contribution is -2.13. The molecule has 4 rings (SSSR count). The molecule has 1 heterocycles. The monoisotopic (exact) mass is 356 g/mol. The molecule has 0 bridgehead atoms. The summed E-state index contributed by atoms with van der Waals surface area (Å²) in [7, 11) is 0. The molecular weight excluding hydrogens is 339 g/mol. The molecule has 1 amide bonds. The largest absolute Gasteiger partial charge is 0.369 e. The third-order valence-corrected chi connectivity index (χ3v) is 5.02. The van der Waals surface area contributed by atoms with Gasteiger partial charge in [0.05, 0.1) is 11.4 Å². The first-order valence-electron chi connectivity index (χ1n) is 8.37. The van der Waals surface area contributed by atoms with E-state index in [0.29, 0.717) is 0 Å². The van der Waals surface area contributed by atoms with Gasteiger partial charge in [-0.1, -0.05) is 23.7 Å². The van der Waals surface area contributed by atoms with E-state index in [1.807, 2.05) is 18.3 Å². The Hall–Kier alpha value is -2.33. The molecule has 0 radical (unpaired) electrons. The van der Waals surface area contributed by atoms with E-state index in [4.69, 9.17) is 17.3 Å². The second-order valence-electron chi connectivity index (χ2n) is 6.75. The number of carbonyl (C=O) groups is 1. The number of halogens is 2. The molecule has 1 saturated carbocycles. The Morgan fingerprint density at radius 2 is 1.92 bits per heavy atom. The van der Waals surface area contributed by atoms with Crippen LogP contribution in [0.4, 0.5) is 4.39 Å². The van der Waals surface area contributed by atoms with Crippen LogP contribution in [0.15, 0.2) is 42.6 Å². The molecule has 5 heteroatoms. The molecule has 2 aromatic carbocycles. The lowest BCUT2D eigenvalue weighted by atomic mass is 10.0. The molecule has 0 atom stereocenters. The van der Waals surface area contributed by atoms with Crippen LogP contribution in [-0.4, -0.2) is 10.5 Å². The fourth-order valence-corrected chi connectivity index (χ4v) is 3.46. The summed E-state index contributed by atoms with van der Waals surface area (Å²) in [6.45, 7) is 0.969. The van der Waals surface area contributed by atoms with Crippen molar-refractivity contribution >= 4 is 28.4 Å². The van der Waals surface area contributed by atoms with E-state index < -0.39 is 5.82 Å². The van der Waals surface area contributed by atoms with Gasteiger partial charge in [0.25, 0.3) is 0 Å². The minimum Gasteiger partial charge on any atom is -0.369 e. The summed E-state index contributed by atoms with van der Waals surface area (Å²) < 4.78 is 15.6. The van der Waals surface area contributed by atoms with Crippen LogP contribution in [0.2, 0.25) is 5.02 Å². The highest BCUT2D eigenvalue weighted by molar-refractivity contribution is 6.31. The molecule has 1 aromatic heterocycles. The number of benzene rings is 2. The van der Waals surface area contributed by atoms with E-state index >= 15 is 0 Å². The number of carbonyl (C=O) groups excluding carboxylic acids is 1. The van der Waals surface area contributed by atoms with Crippen molar-refractivity contribution in [3.63, 3.8) is 0 Å². The van der Waals surface area contributed by atoms with Crippen molar-refractivity contribution in [1.82, 2.24) is 4.57 Å². The predicted molar refractivity (Wildman–Crippen MR) is 98.0 cm³/mol. The highest BCUT2D eigenvalue weighted by atomic mass is 35.5. The Balaban J connectivity index is 1.82. The number of hydrogen-bond acceptors (Lipinski definition) is 1. The van der Waals surface area contributed by atoms with Crippen LogP contribution in [0.1, 0.15) is 18.4 Å². The van der Waals surface area contributed by atoms with Gasteiger partial charge in [0.1, 0.15) is 5.82 Å². The summed E-state index contributed by atoms with van der Waals surface area (Å²) in [5.74, 6) is -0.0511. The van der Waals surface area contributed by atoms with E-state index in [9.17, 15) is 9.18 Å². The Morgan fingerprint density at radius 3 is 2.60 bits per heavy atom. The molecule has 0 aliphatic heterocycles. The molecule has 1 fully saturated rings. The molecule has 2 N–H and O–H groups in total. The number of fused-ring (bicyclic) bond motifs is 1. The number of primary amides is 1.